The summed E-state index contributed by atoms with van der Waals surface area (Å²) in [7, 11) is -0.693. The molecule has 3 aromatic rings. The Morgan fingerprint density at radius 1 is 1.06 bits per heavy atom. The summed E-state index contributed by atoms with van der Waals surface area (Å²) in [6, 6.07) is 14.4. The van der Waals surface area contributed by atoms with Gasteiger partial charge in [0.2, 0.25) is 15.9 Å². The number of hydrogen-bond acceptors (Lipinski definition) is 5. The summed E-state index contributed by atoms with van der Waals surface area (Å²) in [4.78, 5) is 41.5. The summed E-state index contributed by atoms with van der Waals surface area (Å²) >= 11 is 0. The standard InChI is InChI=1S/C21H24N4O5S/c1-24(2)31(29,30)13-12-22-19(26)18(14-15-8-4-3-5-9-15)25-20(27)16-10-6-7-11-17(16)23-21(25)28/h3-11,18H,12-14H2,1-2H3,(H,22,26)(H,23,28). The highest BCUT2D eigenvalue weighted by molar-refractivity contribution is 7.89. The molecule has 1 atom stereocenters. The fraction of sp³-hybridized carbons (Fsp3) is 0.286. The average molecular weight is 445 g/mol. The number of carbonyl (C=O) groups is 1. The van der Waals surface area contributed by atoms with Gasteiger partial charge in [-0.25, -0.2) is 22.1 Å². The number of nitrogens with zero attached hydrogens (tertiary/aromatic N) is 2. The zero-order valence-corrected chi connectivity index (χ0v) is 18.1. The first-order valence-electron chi connectivity index (χ1n) is 9.66. The van der Waals surface area contributed by atoms with Gasteiger partial charge in [0, 0.05) is 27.1 Å². The number of hydrogen-bond donors (Lipinski definition) is 2. The van der Waals surface area contributed by atoms with Crippen molar-refractivity contribution in [2.45, 2.75) is 12.5 Å². The summed E-state index contributed by atoms with van der Waals surface area (Å²) in [6.07, 6.45) is 0.0917. The van der Waals surface area contributed by atoms with Crippen LogP contribution in [-0.4, -0.2) is 54.6 Å². The summed E-state index contributed by atoms with van der Waals surface area (Å²) in [5, 5.41) is 2.84. The van der Waals surface area contributed by atoms with Crippen molar-refractivity contribution in [2.24, 2.45) is 0 Å². The van der Waals surface area contributed by atoms with E-state index >= 15 is 0 Å². The number of aromatic nitrogens is 2. The number of rotatable bonds is 8. The van der Waals surface area contributed by atoms with Crippen LogP contribution >= 0.6 is 0 Å². The van der Waals surface area contributed by atoms with Crippen molar-refractivity contribution < 1.29 is 13.2 Å². The molecule has 1 heterocycles. The Hall–Kier alpha value is -3.24. The number of nitrogens with one attached hydrogen (secondary N) is 2. The molecular weight excluding hydrogens is 420 g/mol. The van der Waals surface area contributed by atoms with E-state index in [1.54, 1.807) is 48.5 Å². The Kier molecular flexibility index (Phi) is 6.71. The van der Waals surface area contributed by atoms with Gasteiger partial charge in [-0.15, -0.1) is 0 Å². The molecule has 164 valence electrons. The minimum atomic E-state index is -3.51. The molecular formula is C21H24N4O5S. The monoisotopic (exact) mass is 444 g/mol. The van der Waals surface area contributed by atoms with Gasteiger partial charge in [-0.1, -0.05) is 42.5 Å². The predicted molar refractivity (Wildman–Crippen MR) is 118 cm³/mol. The molecule has 9 nitrogen and oxygen atoms in total. The summed E-state index contributed by atoms with van der Waals surface area (Å²) in [5.74, 6) is -0.909. The van der Waals surface area contributed by atoms with E-state index < -0.39 is 33.2 Å². The molecule has 31 heavy (non-hydrogen) atoms. The van der Waals surface area contributed by atoms with Gasteiger partial charge in [-0.05, 0) is 17.7 Å². The van der Waals surface area contributed by atoms with Crippen LogP contribution in [0.25, 0.3) is 10.9 Å². The maximum atomic E-state index is 13.1. The van der Waals surface area contributed by atoms with Crippen LogP contribution in [0.5, 0.6) is 0 Å². The minimum Gasteiger partial charge on any atom is -0.353 e. The second-order valence-electron chi connectivity index (χ2n) is 7.25. The second-order valence-corrected chi connectivity index (χ2v) is 9.55. The van der Waals surface area contributed by atoms with E-state index in [1.165, 1.54) is 14.1 Å². The van der Waals surface area contributed by atoms with Gasteiger partial charge in [0.05, 0.1) is 16.7 Å². The van der Waals surface area contributed by atoms with Gasteiger partial charge in [0.25, 0.3) is 5.56 Å². The van der Waals surface area contributed by atoms with Crippen molar-refractivity contribution in [3.05, 3.63) is 81.0 Å². The first-order chi connectivity index (χ1) is 14.7. The van der Waals surface area contributed by atoms with Crippen LogP contribution in [0.15, 0.2) is 64.2 Å². The number of benzene rings is 2. The quantitative estimate of drug-likeness (QED) is 0.524. The van der Waals surface area contributed by atoms with Crippen LogP contribution in [0.1, 0.15) is 11.6 Å². The van der Waals surface area contributed by atoms with Gasteiger partial charge < -0.3 is 10.3 Å². The Bertz CT molecular complexity index is 1300. The third-order valence-corrected chi connectivity index (χ3v) is 6.77. The van der Waals surface area contributed by atoms with Crippen molar-refractivity contribution in [1.82, 2.24) is 19.2 Å². The highest BCUT2D eigenvalue weighted by Gasteiger charge is 2.26. The molecule has 3 rings (SSSR count). The Balaban J connectivity index is 1.98. The molecule has 0 saturated heterocycles. The van der Waals surface area contributed by atoms with E-state index in [2.05, 4.69) is 10.3 Å². The van der Waals surface area contributed by atoms with Crippen LogP contribution < -0.4 is 16.6 Å². The fourth-order valence-electron chi connectivity index (χ4n) is 3.20. The van der Waals surface area contributed by atoms with Crippen LogP contribution in [0.2, 0.25) is 0 Å². The van der Waals surface area contributed by atoms with Gasteiger partial charge in [0.1, 0.15) is 6.04 Å². The van der Waals surface area contributed by atoms with Crippen molar-refractivity contribution in [1.29, 1.82) is 0 Å². The van der Waals surface area contributed by atoms with Crippen LogP contribution in [0, 0.1) is 0 Å². The number of carbonyl (C=O) groups excluding carboxylic acids is 1. The number of amides is 1. The molecule has 1 aromatic heterocycles. The van der Waals surface area contributed by atoms with Gasteiger partial charge in [-0.2, -0.15) is 0 Å². The van der Waals surface area contributed by atoms with Crippen molar-refractivity contribution in [3.63, 3.8) is 0 Å². The summed E-state index contributed by atoms with van der Waals surface area (Å²) in [6.45, 7) is -0.148. The fourth-order valence-corrected chi connectivity index (χ4v) is 3.93. The molecule has 10 heteroatoms. The van der Waals surface area contributed by atoms with Crippen molar-refractivity contribution >= 4 is 26.8 Å². The maximum absolute atomic E-state index is 13.1. The van der Waals surface area contributed by atoms with Crippen LogP contribution in [0.4, 0.5) is 0 Å². The maximum Gasteiger partial charge on any atom is 0.329 e. The molecule has 0 spiro atoms. The topological polar surface area (TPSA) is 121 Å². The van der Waals surface area contributed by atoms with E-state index in [0.717, 1.165) is 14.4 Å². The van der Waals surface area contributed by atoms with Gasteiger partial charge in [0.15, 0.2) is 0 Å². The number of fused-ring (bicyclic) bond motifs is 1. The number of H-pyrrole nitrogens is 1. The molecule has 2 aromatic carbocycles. The minimum absolute atomic E-state index is 0.0917. The Morgan fingerprint density at radius 3 is 2.39 bits per heavy atom. The summed E-state index contributed by atoms with van der Waals surface area (Å²) < 4.78 is 25.9. The lowest BCUT2D eigenvalue weighted by Crippen LogP contribution is -2.46. The van der Waals surface area contributed by atoms with E-state index in [-0.39, 0.29) is 24.1 Å². The first kappa shape index (κ1) is 22.4. The molecule has 2 N–H and O–H groups in total. The van der Waals surface area contributed by atoms with Crippen molar-refractivity contribution in [3.8, 4) is 0 Å². The Labute approximate surface area is 179 Å². The zero-order valence-electron chi connectivity index (χ0n) is 17.2. The highest BCUT2D eigenvalue weighted by Crippen LogP contribution is 2.13. The number of aromatic amines is 1. The zero-order chi connectivity index (χ0) is 22.6. The van der Waals surface area contributed by atoms with Gasteiger partial charge in [-0.3, -0.25) is 9.59 Å². The number of sulfonamides is 1. The van der Waals surface area contributed by atoms with Crippen LogP contribution in [-0.2, 0) is 21.2 Å². The molecule has 1 amide bonds. The lowest BCUT2D eigenvalue weighted by Gasteiger charge is -2.20. The largest absolute Gasteiger partial charge is 0.353 e. The van der Waals surface area contributed by atoms with Crippen LogP contribution in [0.3, 0.4) is 0 Å². The van der Waals surface area contributed by atoms with E-state index in [4.69, 9.17) is 0 Å². The first-order valence-corrected chi connectivity index (χ1v) is 11.3. The average Bonchev–Trinajstić information content (AvgIpc) is 2.73. The third-order valence-electron chi connectivity index (χ3n) is 4.94. The third kappa shape index (κ3) is 5.09. The molecule has 1 unspecified atom stereocenters. The molecule has 0 radical (unpaired) electrons. The van der Waals surface area contributed by atoms with E-state index in [9.17, 15) is 22.8 Å². The smallest absolute Gasteiger partial charge is 0.329 e. The normalized spacial score (nSPS) is 12.7. The molecule has 0 aliphatic carbocycles. The number of para-hydroxylation sites is 1. The SMILES string of the molecule is CN(C)S(=O)(=O)CCNC(=O)C(Cc1ccccc1)n1c(=O)[nH]c2ccccc2c1=O. The molecule has 0 aliphatic heterocycles. The molecule has 0 saturated carbocycles. The Morgan fingerprint density at radius 2 is 1.71 bits per heavy atom. The lowest BCUT2D eigenvalue weighted by atomic mass is 10.0. The van der Waals surface area contributed by atoms with E-state index in [0.29, 0.717) is 5.52 Å². The van der Waals surface area contributed by atoms with Crippen molar-refractivity contribution in [2.75, 3.05) is 26.4 Å². The predicted octanol–water partition coefficient (Wildman–Crippen LogP) is 0.481. The molecule has 0 aliphatic rings. The van der Waals surface area contributed by atoms with E-state index in [1.807, 2.05) is 6.07 Å². The molecule has 0 fully saturated rings. The summed E-state index contributed by atoms with van der Waals surface area (Å²) in [5.41, 5.74) is -0.162. The van der Waals surface area contributed by atoms with Gasteiger partial charge >= 0.3 is 5.69 Å². The molecule has 0 bridgehead atoms. The second kappa shape index (κ2) is 9.27. The lowest BCUT2D eigenvalue weighted by molar-refractivity contribution is -0.124. The highest BCUT2D eigenvalue weighted by atomic mass is 32.2.